The first kappa shape index (κ1) is 17.6. The van der Waals surface area contributed by atoms with E-state index in [1.165, 1.54) is 5.56 Å². The van der Waals surface area contributed by atoms with Crippen LogP contribution in [0, 0.1) is 0 Å². The van der Waals surface area contributed by atoms with Gasteiger partial charge >= 0.3 is 0 Å². The fourth-order valence-electron chi connectivity index (χ4n) is 3.40. The maximum absolute atomic E-state index is 12.5. The number of benzene rings is 2. The molecule has 1 amide bonds. The predicted molar refractivity (Wildman–Crippen MR) is 99.3 cm³/mol. The predicted octanol–water partition coefficient (Wildman–Crippen LogP) is 2.75. The molecule has 0 aromatic heterocycles. The number of aliphatic hydroxyl groups excluding tert-OH is 1. The van der Waals surface area contributed by atoms with Crippen LogP contribution >= 0.6 is 0 Å². The smallest absolute Gasteiger partial charge is 0.251 e. The summed E-state index contributed by atoms with van der Waals surface area (Å²) in [7, 11) is 0. The lowest BCUT2D eigenvalue weighted by Gasteiger charge is -2.18. The zero-order chi connectivity index (χ0) is 17.6. The molecule has 4 nitrogen and oxygen atoms in total. The lowest BCUT2D eigenvalue weighted by molar-refractivity contribution is 0.0950. The van der Waals surface area contributed by atoms with E-state index >= 15 is 0 Å². The molecule has 1 saturated heterocycles. The molecule has 132 valence electrons. The lowest BCUT2D eigenvalue weighted by atomic mass is 10.0. The third-order valence-electron chi connectivity index (χ3n) is 4.84. The molecule has 4 heteroatoms. The molecule has 2 aromatic carbocycles. The number of carbonyl (C=O) groups excluding carboxylic acids is 1. The number of nitrogens with one attached hydrogen (secondary N) is 1. The van der Waals surface area contributed by atoms with Crippen LogP contribution in [-0.4, -0.2) is 35.1 Å². The Kier molecular flexibility index (Phi) is 5.84. The highest BCUT2D eigenvalue weighted by Crippen LogP contribution is 2.17. The van der Waals surface area contributed by atoms with E-state index in [0.29, 0.717) is 6.54 Å². The molecule has 0 unspecified atom stereocenters. The van der Waals surface area contributed by atoms with Gasteiger partial charge in [0.25, 0.3) is 5.91 Å². The zero-order valence-electron chi connectivity index (χ0n) is 14.7. The number of aryl methyl sites for hydroxylation is 1. The van der Waals surface area contributed by atoms with Crippen LogP contribution in [0.3, 0.4) is 0 Å². The summed E-state index contributed by atoms with van der Waals surface area (Å²) >= 11 is 0. The van der Waals surface area contributed by atoms with Crippen molar-refractivity contribution in [1.82, 2.24) is 10.2 Å². The fraction of sp³-hybridized carbons (Fsp3) is 0.381. The van der Waals surface area contributed by atoms with Gasteiger partial charge in [0.15, 0.2) is 0 Å². The highest BCUT2D eigenvalue weighted by molar-refractivity contribution is 5.95. The number of amides is 1. The van der Waals surface area contributed by atoms with Crippen molar-refractivity contribution in [2.75, 3.05) is 13.1 Å². The highest BCUT2D eigenvalue weighted by Gasteiger charge is 2.20. The van der Waals surface area contributed by atoms with Gasteiger partial charge in [-0.3, -0.25) is 9.69 Å². The molecule has 0 radical (unpaired) electrons. The van der Waals surface area contributed by atoms with Gasteiger partial charge in [0.1, 0.15) is 0 Å². The van der Waals surface area contributed by atoms with Gasteiger partial charge in [-0.05, 0) is 35.6 Å². The molecular formula is C21H26N2O2. The van der Waals surface area contributed by atoms with Gasteiger partial charge < -0.3 is 10.4 Å². The van der Waals surface area contributed by atoms with E-state index in [1.54, 1.807) is 0 Å². The minimum atomic E-state index is -0.211. The largest absolute Gasteiger partial charge is 0.392 e. The van der Waals surface area contributed by atoms with Crippen LogP contribution in [0.15, 0.2) is 48.5 Å². The summed E-state index contributed by atoms with van der Waals surface area (Å²) in [5.41, 5.74) is 4.16. The van der Waals surface area contributed by atoms with Crippen LogP contribution in [0.25, 0.3) is 0 Å². The second-order valence-corrected chi connectivity index (χ2v) is 6.64. The van der Waals surface area contributed by atoms with Crippen molar-refractivity contribution in [3.8, 4) is 0 Å². The van der Waals surface area contributed by atoms with Crippen molar-refractivity contribution in [3.05, 3.63) is 70.8 Å². The number of nitrogens with zero attached hydrogens (tertiary/aromatic N) is 1. The molecule has 2 aromatic rings. The average molecular weight is 338 g/mol. The molecule has 25 heavy (non-hydrogen) atoms. The van der Waals surface area contributed by atoms with Crippen molar-refractivity contribution >= 4 is 5.91 Å². The Labute approximate surface area is 149 Å². The monoisotopic (exact) mass is 338 g/mol. The third-order valence-corrected chi connectivity index (χ3v) is 4.84. The molecule has 0 aliphatic carbocycles. The molecule has 0 bridgehead atoms. The Balaban J connectivity index is 1.66. The molecule has 1 atom stereocenters. The SMILES string of the molecule is CCc1ccccc1C(=O)NCc1ccccc1CN1CC[C@H](O)C1. The van der Waals surface area contributed by atoms with Crippen LogP contribution in [0.5, 0.6) is 0 Å². The van der Waals surface area contributed by atoms with Gasteiger partial charge in [-0.25, -0.2) is 0 Å². The maximum atomic E-state index is 12.5. The Hall–Kier alpha value is -2.17. The fourth-order valence-corrected chi connectivity index (χ4v) is 3.40. The highest BCUT2D eigenvalue weighted by atomic mass is 16.3. The van der Waals surface area contributed by atoms with Crippen LogP contribution in [0.1, 0.15) is 40.4 Å². The van der Waals surface area contributed by atoms with E-state index in [-0.39, 0.29) is 12.0 Å². The van der Waals surface area contributed by atoms with Crippen molar-refractivity contribution in [2.45, 2.75) is 39.0 Å². The van der Waals surface area contributed by atoms with Gasteiger partial charge in [-0.1, -0.05) is 49.4 Å². The van der Waals surface area contributed by atoms with E-state index < -0.39 is 0 Å². The molecule has 0 saturated carbocycles. The summed E-state index contributed by atoms with van der Waals surface area (Å²) < 4.78 is 0. The minimum Gasteiger partial charge on any atom is -0.392 e. The van der Waals surface area contributed by atoms with Crippen molar-refractivity contribution in [2.24, 2.45) is 0 Å². The minimum absolute atomic E-state index is 0.0242. The third kappa shape index (κ3) is 4.47. The van der Waals surface area contributed by atoms with Gasteiger partial charge in [0, 0.05) is 31.7 Å². The molecular weight excluding hydrogens is 312 g/mol. The molecule has 1 aliphatic heterocycles. The second-order valence-electron chi connectivity index (χ2n) is 6.64. The van der Waals surface area contributed by atoms with Crippen LogP contribution < -0.4 is 5.32 Å². The molecule has 1 aliphatic rings. The van der Waals surface area contributed by atoms with Gasteiger partial charge in [0.2, 0.25) is 0 Å². The zero-order valence-corrected chi connectivity index (χ0v) is 14.7. The van der Waals surface area contributed by atoms with E-state index in [2.05, 4.69) is 29.3 Å². The normalized spacial score (nSPS) is 17.6. The van der Waals surface area contributed by atoms with Crippen LogP contribution in [-0.2, 0) is 19.5 Å². The standard InChI is InChI=1S/C21H26N2O2/c1-2-16-7-5-6-10-20(16)21(25)22-13-17-8-3-4-9-18(17)14-23-12-11-19(24)15-23/h3-10,19,24H,2,11-15H2,1H3,(H,22,25)/t19-/m0/s1. The van der Waals surface area contributed by atoms with E-state index in [9.17, 15) is 9.90 Å². The quantitative estimate of drug-likeness (QED) is 0.851. The molecule has 1 heterocycles. The number of aliphatic hydroxyl groups is 1. The van der Waals surface area contributed by atoms with Gasteiger partial charge in [0.05, 0.1) is 6.10 Å². The topological polar surface area (TPSA) is 52.6 Å². The first-order valence-electron chi connectivity index (χ1n) is 9.00. The van der Waals surface area contributed by atoms with Gasteiger partial charge in [-0.15, -0.1) is 0 Å². The first-order valence-corrected chi connectivity index (χ1v) is 9.00. The van der Waals surface area contributed by atoms with Crippen LogP contribution in [0.2, 0.25) is 0 Å². The molecule has 2 N–H and O–H groups in total. The number of likely N-dealkylation sites (tertiary alicyclic amines) is 1. The maximum Gasteiger partial charge on any atom is 0.251 e. The Morgan fingerprint density at radius 3 is 2.48 bits per heavy atom. The summed E-state index contributed by atoms with van der Waals surface area (Å²) in [4.78, 5) is 14.8. The summed E-state index contributed by atoms with van der Waals surface area (Å²) in [6.45, 7) is 5.04. The van der Waals surface area contributed by atoms with Crippen LogP contribution in [0.4, 0.5) is 0 Å². The first-order chi connectivity index (χ1) is 12.2. The number of hydrogen-bond donors (Lipinski definition) is 2. The van der Waals surface area contributed by atoms with Crippen molar-refractivity contribution in [1.29, 1.82) is 0 Å². The van der Waals surface area contributed by atoms with E-state index in [4.69, 9.17) is 0 Å². The average Bonchev–Trinajstić information content (AvgIpc) is 3.05. The van der Waals surface area contributed by atoms with E-state index in [0.717, 1.165) is 49.2 Å². The Morgan fingerprint density at radius 1 is 1.12 bits per heavy atom. The van der Waals surface area contributed by atoms with Crippen molar-refractivity contribution < 1.29 is 9.90 Å². The molecule has 0 spiro atoms. The number of β-amino-alcohol motifs (C(OH)–C–C–N with tert-alkyl or cyclic N) is 1. The number of hydrogen-bond acceptors (Lipinski definition) is 3. The summed E-state index contributed by atoms with van der Waals surface area (Å²) in [6, 6.07) is 16.0. The lowest BCUT2D eigenvalue weighted by Crippen LogP contribution is -2.26. The molecule has 3 rings (SSSR count). The molecule has 1 fully saturated rings. The van der Waals surface area contributed by atoms with E-state index in [1.807, 2.05) is 36.4 Å². The number of carbonyl (C=O) groups is 1. The number of rotatable bonds is 6. The summed E-state index contributed by atoms with van der Waals surface area (Å²) in [6.07, 6.45) is 1.47. The second kappa shape index (κ2) is 8.28. The summed E-state index contributed by atoms with van der Waals surface area (Å²) in [5, 5.41) is 12.8. The van der Waals surface area contributed by atoms with Gasteiger partial charge in [-0.2, -0.15) is 0 Å². The Bertz CT molecular complexity index is 729. The van der Waals surface area contributed by atoms with Crippen molar-refractivity contribution in [3.63, 3.8) is 0 Å². The summed E-state index contributed by atoms with van der Waals surface area (Å²) in [5.74, 6) is -0.0242. The Morgan fingerprint density at radius 2 is 1.80 bits per heavy atom.